The quantitative estimate of drug-likeness (QED) is 0.496. The number of benzene rings is 3. The molecule has 22 heavy (non-hydrogen) atoms. The first-order valence-electron chi connectivity index (χ1n) is 6.57. The first kappa shape index (κ1) is 14.3. The Labute approximate surface area is 135 Å². The smallest absolute Gasteiger partial charge is 0.343 e. The van der Waals surface area contributed by atoms with E-state index in [9.17, 15) is 4.79 Å². The number of carbonyl (C=O) groups is 1. The topological polar surface area (TPSA) is 50.1 Å². The number of halogens is 1. The monoisotopic (exact) mass is 351 g/mol. The third-order valence-electron chi connectivity index (χ3n) is 3.21. The minimum Gasteiger partial charge on any atom is -0.423 e. The van der Waals surface area contributed by atoms with Gasteiger partial charge < -0.3 is 4.74 Å². The van der Waals surface area contributed by atoms with Crippen LogP contribution in [0.3, 0.4) is 0 Å². The summed E-state index contributed by atoms with van der Waals surface area (Å²) in [5.74, 6) is -0.00394. The van der Waals surface area contributed by atoms with Crippen molar-refractivity contribution in [1.82, 2.24) is 0 Å². The zero-order chi connectivity index (χ0) is 15.5. The second-order valence-corrected chi connectivity index (χ2v) is 5.65. The molecule has 0 aliphatic carbocycles. The van der Waals surface area contributed by atoms with E-state index in [1.165, 1.54) is 6.07 Å². The van der Waals surface area contributed by atoms with Gasteiger partial charge in [-0.1, -0.05) is 34.1 Å². The Kier molecular flexibility index (Phi) is 3.90. The third-order valence-corrected chi connectivity index (χ3v) is 3.70. The zero-order valence-corrected chi connectivity index (χ0v) is 13.0. The Bertz CT molecular complexity index is 912. The maximum atomic E-state index is 12.1. The van der Waals surface area contributed by atoms with Crippen molar-refractivity contribution >= 4 is 32.7 Å². The van der Waals surface area contributed by atoms with Gasteiger partial charge in [0.1, 0.15) is 5.75 Å². The molecule has 3 aromatic carbocycles. The standard InChI is InChI=1S/C18H10BrNO2/c19-16-6-4-14-10-17(7-5-13(14)9-16)22-18(21)15-3-1-2-12(8-15)11-20/h1-10H. The summed E-state index contributed by atoms with van der Waals surface area (Å²) >= 11 is 3.42. The van der Waals surface area contributed by atoms with E-state index >= 15 is 0 Å². The highest BCUT2D eigenvalue weighted by Crippen LogP contribution is 2.24. The summed E-state index contributed by atoms with van der Waals surface area (Å²) in [4.78, 5) is 12.1. The Morgan fingerprint density at radius 1 is 1.00 bits per heavy atom. The summed E-state index contributed by atoms with van der Waals surface area (Å²) in [6.07, 6.45) is 0. The summed E-state index contributed by atoms with van der Waals surface area (Å²) in [6.45, 7) is 0. The van der Waals surface area contributed by atoms with Crippen LogP contribution in [0.1, 0.15) is 15.9 Å². The lowest BCUT2D eigenvalue weighted by atomic mass is 10.1. The molecule has 3 aromatic rings. The van der Waals surface area contributed by atoms with Crippen LogP contribution < -0.4 is 4.74 Å². The number of rotatable bonds is 2. The van der Waals surface area contributed by atoms with Gasteiger partial charge >= 0.3 is 5.97 Å². The van der Waals surface area contributed by atoms with Gasteiger partial charge in [-0.05, 0) is 53.2 Å². The van der Waals surface area contributed by atoms with E-state index in [0.717, 1.165) is 15.2 Å². The fourth-order valence-electron chi connectivity index (χ4n) is 2.14. The molecule has 0 amide bonds. The van der Waals surface area contributed by atoms with Crippen LogP contribution in [-0.4, -0.2) is 5.97 Å². The highest BCUT2D eigenvalue weighted by Gasteiger charge is 2.09. The number of carbonyl (C=O) groups excluding carboxylic acids is 1. The van der Waals surface area contributed by atoms with Crippen LogP contribution in [0.5, 0.6) is 5.75 Å². The van der Waals surface area contributed by atoms with E-state index in [1.807, 2.05) is 36.4 Å². The molecule has 0 fully saturated rings. The minimum atomic E-state index is -0.478. The molecular formula is C18H10BrNO2. The summed E-state index contributed by atoms with van der Waals surface area (Å²) in [5.41, 5.74) is 0.785. The van der Waals surface area contributed by atoms with Crippen molar-refractivity contribution in [1.29, 1.82) is 5.26 Å². The van der Waals surface area contributed by atoms with E-state index in [-0.39, 0.29) is 0 Å². The molecule has 0 aromatic heterocycles. The van der Waals surface area contributed by atoms with Gasteiger partial charge in [-0.2, -0.15) is 5.26 Å². The lowest BCUT2D eigenvalue weighted by molar-refractivity contribution is 0.0735. The van der Waals surface area contributed by atoms with Crippen molar-refractivity contribution < 1.29 is 9.53 Å². The van der Waals surface area contributed by atoms with E-state index < -0.39 is 5.97 Å². The Morgan fingerprint density at radius 3 is 2.59 bits per heavy atom. The second-order valence-electron chi connectivity index (χ2n) is 4.74. The zero-order valence-electron chi connectivity index (χ0n) is 11.4. The van der Waals surface area contributed by atoms with Crippen molar-refractivity contribution in [3.63, 3.8) is 0 Å². The fourth-order valence-corrected chi connectivity index (χ4v) is 2.52. The molecule has 4 heteroatoms. The van der Waals surface area contributed by atoms with Gasteiger partial charge in [0.05, 0.1) is 17.2 Å². The van der Waals surface area contributed by atoms with Crippen molar-refractivity contribution in [2.45, 2.75) is 0 Å². The highest BCUT2D eigenvalue weighted by atomic mass is 79.9. The van der Waals surface area contributed by atoms with Gasteiger partial charge in [0.25, 0.3) is 0 Å². The molecule has 0 aliphatic rings. The average Bonchev–Trinajstić information content (AvgIpc) is 2.55. The average molecular weight is 352 g/mol. The molecule has 0 atom stereocenters. The maximum absolute atomic E-state index is 12.1. The summed E-state index contributed by atoms with van der Waals surface area (Å²) < 4.78 is 6.38. The molecule has 0 aliphatic heterocycles. The summed E-state index contributed by atoms with van der Waals surface area (Å²) in [5, 5.41) is 10.9. The van der Waals surface area contributed by atoms with E-state index in [0.29, 0.717) is 16.9 Å². The van der Waals surface area contributed by atoms with Crippen LogP contribution in [0.25, 0.3) is 10.8 Å². The molecule has 3 rings (SSSR count). The van der Waals surface area contributed by atoms with Crippen LogP contribution in [0.15, 0.2) is 65.1 Å². The molecule has 3 nitrogen and oxygen atoms in total. The van der Waals surface area contributed by atoms with Crippen LogP contribution in [-0.2, 0) is 0 Å². The lowest BCUT2D eigenvalue weighted by Crippen LogP contribution is -2.08. The number of nitriles is 1. The van der Waals surface area contributed by atoms with Crippen LogP contribution in [0.2, 0.25) is 0 Å². The number of nitrogens with zero attached hydrogens (tertiary/aromatic N) is 1. The molecule has 0 heterocycles. The number of hydrogen-bond donors (Lipinski definition) is 0. The van der Waals surface area contributed by atoms with Crippen molar-refractivity contribution in [2.75, 3.05) is 0 Å². The summed E-state index contributed by atoms with van der Waals surface area (Å²) in [7, 11) is 0. The number of ether oxygens (including phenoxy) is 1. The van der Waals surface area contributed by atoms with Gasteiger partial charge in [0, 0.05) is 4.47 Å². The van der Waals surface area contributed by atoms with Gasteiger partial charge in [-0.15, -0.1) is 0 Å². The summed E-state index contributed by atoms with van der Waals surface area (Å²) in [6, 6.07) is 19.8. The second kappa shape index (κ2) is 6.00. The van der Waals surface area contributed by atoms with E-state index in [2.05, 4.69) is 15.9 Å². The fraction of sp³-hybridized carbons (Fsp3) is 0. The highest BCUT2D eigenvalue weighted by molar-refractivity contribution is 9.10. The number of fused-ring (bicyclic) bond motifs is 1. The van der Waals surface area contributed by atoms with E-state index in [1.54, 1.807) is 24.3 Å². The molecule has 0 unspecified atom stereocenters. The van der Waals surface area contributed by atoms with E-state index in [4.69, 9.17) is 10.00 Å². The Balaban J connectivity index is 1.87. The normalized spacial score (nSPS) is 10.2. The number of hydrogen-bond acceptors (Lipinski definition) is 3. The predicted octanol–water partition coefficient (Wildman–Crippen LogP) is 4.69. The van der Waals surface area contributed by atoms with Gasteiger partial charge in [0.2, 0.25) is 0 Å². The lowest BCUT2D eigenvalue weighted by Gasteiger charge is -2.06. The van der Waals surface area contributed by atoms with Crippen LogP contribution in [0.4, 0.5) is 0 Å². The molecule has 0 bridgehead atoms. The molecule has 106 valence electrons. The molecule has 0 N–H and O–H groups in total. The predicted molar refractivity (Wildman–Crippen MR) is 87.8 cm³/mol. The minimum absolute atomic E-state index is 0.356. The Morgan fingerprint density at radius 2 is 1.77 bits per heavy atom. The van der Waals surface area contributed by atoms with Gasteiger partial charge in [-0.25, -0.2) is 4.79 Å². The third kappa shape index (κ3) is 3.00. The molecule has 0 saturated carbocycles. The van der Waals surface area contributed by atoms with Crippen molar-refractivity contribution in [2.24, 2.45) is 0 Å². The molecular weight excluding hydrogens is 342 g/mol. The largest absolute Gasteiger partial charge is 0.423 e. The van der Waals surface area contributed by atoms with Gasteiger partial charge in [0.15, 0.2) is 0 Å². The van der Waals surface area contributed by atoms with Crippen molar-refractivity contribution in [3.8, 4) is 11.8 Å². The molecule has 0 saturated heterocycles. The van der Waals surface area contributed by atoms with Gasteiger partial charge in [-0.3, -0.25) is 0 Å². The Hall–Kier alpha value is -2.64. The first-order valence-corrected chi connectivity index (χ1v) is 7.37. The van der Waals surface area contributed by atoms with Crippen LogP contribution >= 0.6 is 15.9 Å². The van der Waals surface area contributed by atoms with Crippen molar-refractivity contribution in [3.05, 3.63) is 76.3 Å². The maximum Gasteiger partial charge on any atom is 0.343 e. The number of esters is 1. The van der Waals surface area contributed by atoms with Crippen LogP contribution in [0, 0.1) is 11.3 Å². The SMILES string of the molecule is N#Cc1cccc(C(=O)Oc2ccc3cc(Br)ccc3c2)c1. The molecule has 0 spiro atoms. The first-order chi connectivity index (χ1) is 10.7. The molecule has 0 radical (unpaired) electrons.